The van der Waals surface area contributed by atoms with Gasteiger partial charge in [0.2, 0.25) is 10.0 Å². The van der Waals surface area contributed by atoms with E-state index >= 15 is 0 Å². The molecule has 1 aliphatic rings. The molecule has 0 saturated carbocycles. The number of benzene rings is 1. The number of likely N-dealkylation sites (N-methyl/N-ethyl adjacent to an activating group) is 1. The minimum atomic E-state index is -3.74. The Morgan fingerprint density at radius 3 is 2.50 bits per heavy atom. The maximum absolute atomic E-state index is 12.6. The molecule has 1 heterocycles. The lowest BCUT2D eigenvalue weighted by Gasteiger charge is -2.28. The van der Waals surface area contributed by atoms with Crippen molar-refractivity contribution >= 4 is 21.4 Å². The van der Waals surface area contributed by atoms with Crippen molar-refractivity contribution in [1.29, 1.82) is 0 Å². The molecule has 9 heteroatoms. The van der Waals surface area contributed by atoms with E-state index in [2.05, 4.69) is 0 Å². The third-order valence-electron chi connectivity index (χ3n) is 4.65. The van der Waals surface area contributed by atoms with Crippen molar-refractivity contribution in [1.82, 2.24) is 4.31 Å². The number of anilines is 1. The van der Waals surface area contributed by atoms with Crippen LogP contribution >= 0.6 is 0 Å². The van der Waals surface area contributed by atoms with Crippen molar-refractivity contribution in [2.75, 3.05) is 38.2 Å². The molecular weight excluding hydrogens is 358 g/mol. The zero-order valence-corrected chi connectivity index (χ0v) is 16.4. The highest BCUT2D eigenvalue weighted by molar-refractivity contribution is 7.89. The van der Waals surface area contributed by atoms with E-state index in [0.717, 1.165) is 25.3 Å². The second-order valence-electron chi connectivity index (χ2n) is 6.37. The van der Waals surface area contributed by atoms with Crippen molar-refractivity contribution in [2.24, 2.45) is 0 Å². The van der Waals surface area contributed by atoms with E-state index in [1.165, 1.54) is 16.4 Å². The first kappa shape index (κ1) is 20.6. The van der Waals surface area contributed by atoms with E-state index in [9.17, 15) is 18.5 Å². The summed E-state index contributed by atoms with van der Waals surface area (Å²) in [6.07, 6.45) is 3.08. The van der Waals surface area contributed by atoms with E-state index < -0.39 is 14.9 Å². The molecule has 0 N–H and O–H groups in total. The number of hydrogen-bond donors (Lipinski definition) is 0. The minimum Gasteiger partial charge on any atom is -0.376 e. The second kappa shape index (κ2) is 8.79. The molecule has 146 valence electrons. The van der Waals surface area contributed by atoms with Crippen molar-refractivity contribution < 1.29 is 18.1 Å². The van der Waals surface area contributed by atoms with Crippen LogP contribution in [0.4, 0.5) is 11.4 Å². The largest absolute Gasteiger partial charge is 0.376 e. The fraction of sp³-hybridized carbons (Fsp3) is 0.647. The van der Waals surface area contributed by atoms with Gasteiger partial charge in [0.05, 0.1) is 15.9 Å². The molecule has 0 aromatic heterocycles. The number of nitrogens with zero attached hydrogens (tertiary/aromatic N) is 3. The number of sulfonamides is 1. The monoisotopic (exact) mass is 385 g/mol. The molecule has 2 rings (SSSR count). The number of hydrogen-bond acceptors (Lipinski definition) is 6. The fourth-order valence-corrected chi connectivity index (χ4v) is 4.68. The number of ether oxygens (including phenoxy) is 1. The van der Waals surface area contributed by atoms with E-state index in [1.807, 2.05) is 0 Å². The average molecular weight is 385 g/mol. The topological polar surface area (TPSA) is 93.0 Å². The van der Waals surface area contributed by atoms with Crippen LogP contribution in [0, 0.1) is 10.1 Å². The van der Waals surface area contributed by atoms with Crippen LogP contribution in [0.3, 0.4) is 0 Å². The molecule has 8 nitrogen and oxygen atoms in total. The smallest absolute Gasteiger partial charge is 0.293 e. The molecule has 0 amide bonds. The third kappa shape index (κ3) is 4.52. The van der Waals surface area contributed by atoms with Gasteiger partial charge in [-0.1, -0.05) is 13.8 Å². The van der Waals surface area contributed by atoms with Crippen LogP contribution < -0.4 is 4.90 Å². The van der Waals surface area contributed by atoms with Gasteiger partial charge in [0.25, 0.3) is 5.69 Å². The van der Waals surface area contributed by atoms with Crippen LogP contribution in [0.25, 0.3) is 0 Å². The molecule has 1 atom stereocenters. The van der Waals surface area contributed by atoms with E-state index in [4.69, 9.17) is 4.74 Å². The van der Waals surface area contributed by atoms with Gasteiger partial charge in [-0.05, 0) is 31.4 Å². The summed E-state index contributed by atoms with van der Waals surface area (Å²) in [5.41, 5.74) is 0.180. The normalized spacial score (nSPS) is 18.1. The maximum atomic E-state index is 12.6. The molecule has 1 aromatic carbocycles. The lowest BCUT2D eigenvalue weighted by molar-refractivity contribution is -0.384. The lowest BCUT2D eigenvalue weighted by Crippen LogP contribution is -2.34. The summed E-state index contributed by atoms with van der Waals surface area (Å²) in [6.45, 7) is 5.34. The van der Waals surface area contributed by atoms with Gasteiger partial charge in [0.1, 0.15) is 5.69 Å². The summed E-state index contributed by atoms with van der Waals surface area (Å²) in [5.74, 6) is 0. The Kier molecular flexibility index (Phi) is 6.96. The van der Waals surface area contributed by atoms with Crippen molar-refractivity contribution in [2.45, 2.75) is 44.1 Å². The Balaban J connectivity index is 2.32. The van der Waals surface area contributed by atoms with Crippen molar-refractivity contribution in [3.8, 4) is 0 Å². The number of rotatable bonds is 8. The Hall–Kier alpha value is -1.71. The zero-order valence-electron chi connectivity index (χ0n) is 15.6. The molecule has 0 bridgehead atoms. The lowest BCUT2D eigenvalue weighted by atomic mass is 10.1. The highest BCUT2D eigenvalue weighted by Gasteiger charge is 2.27. The van der Waals surface area contributed by atoms with E-state index in [0.29, 0.717) is 31.9 Å². The van der Waals surface area contributed by atoms with Gasteiger partial charge in [0.15, 0.2) is 0 Å². The molecule has 0 spiro atoms. The van der Waals surface area contributed by atoms with Gasteiger partial charge < -0.3 is 9.64 Å². The standard InChI is InChI=1S/C17H27N3O5S/c1-4-19(5-2)26(23,24)15-9-10-16(17(12-15)20(21)22)18(3)13-14-8-6-7-11-25-14/h9-10,12,14H,4-8,11,13H2,1-3H3. The quantitative estimate of drug-likeness (QED) is 0.504. The first-order valence-corrected chi connectivity index (χ1v) is 10.4. The second-order valence-corrected chi connectivity index (χ2v) is 8.30. The average Bonchev–Trinajstić information content (AvgIpc) is 2.62. The summed E-state index contributed by atoms with van der Waals surface area (Å²) < 4.78 is 32.3. The van der Waals surface area contributed by atoms with Crippen LogP contribution in [-0.2, 0) is 14.8 Å². The predicted molar refractivity (Wildman–Crippen MR) is 100 cm³/mol. The molecule has 0 aliphatic carbocycles. The highest BCUT2D eigenvalue weighted by Crippen LogP contribution is 2.32. The first-order valence-electron chi connectivity index (χ1n) is 8.92. The number of nitro groups is 1. The van der Waals surface area contributed by atoms with E-state index in [-0.39, 0.29) is 16.7 Å². The van der Waals surface area contributed by atoms with Crippen molar-refractivity contribution in [3.63, 3.8) is 0 Å². The summed E-state index contributed by atoms with van der Waals surface area (Å²) in [6, 6.07) is 4.10. The van der Waals surface area contributed by atoms with Crippen molar-refractivity contribution in [3.05, 3.63) is 28.3 Å². The number of nitro benzene ring substituents is 1. The van der Waals surface area contributed by atoms with Crippen LogP contribution in [0.15, 0.2) is 23.1 Å². The molecule has 0 radical (unpaired) electrons. The van der Waals surface area contributed by atoms with Gasteiger partial charge >= 0.3 is 0 Å². The molecule has 1 saturated heterocycles. The van der Waals surface area contributed by atoms with Crippen LogP contribution in [0.5, 0.6) is 0 Å². The Morgan fingerprint density at radius 1 is 1.27 bits per heavy atom. The SMILES string of the molecule is CCN(CC)S(=O)(=O)c1ccc(N(C)CC2CCCCO2)c([N+](=O)[O-])c1. The van der Waals surface area contributed by atoms with Crippen LogP contribution in [0.1, 0.15) is 33.1 Å². The van der Waals surface area contributed by atoms with Gasteiger partial charge in [-0.3, -0.25) is 10.1 Å². The summed E-state index contributed by atoms with van der Waals surface area (Å²) in [4.78, 5) is 12.7. The molecular formula is C17H27N3O5S. The Bertz CT molecular complexity index is 728. The summed E-state index contributed by atoms with van der Waals surface area (Å²) in [7, 11) is -1.98. The molecule has 1 fully saturated rings. The third-order valence-corrected chi connectivity index (χ3v) is 6.70. The van der Waals surface area contributed by atoms with Crippen LogP contribution in [0.2, 0.25) is 0 Å². The molecule has 26 heavy (non-hydrogen) atoms. The molecule has 1 aromatic rings. The van der Waals surface area contributed by atoms with Gasteiger partial charge in [-0.2, -0.15) is 4.31 Å². The Labute approximate surface area is 154 Å². The first-order chi connectivity index (χ1) is 12.3. The van der Waals surface area contributed by atoms with Gasteiger partial charge in [-0.25, -0.2) is 8.42 Å². The zero-order chi connectivity index (χ0) is 19.3. The maximum Gasteiger partial charge on any atom is 0.293 e. The molecule has 1 aliphatic heterocycles. The van der Waals surface area contributed by atoms with E-state index in [1.54, 1.807) is 25.8 Å². The van der Waals surface area contributed by atoms with Crippen LogP contribution in [-0.4, -0.2) is 57.0 Å². The molecule has 1 unspecified atom stereocenters. The van der Waals surface area contributed by atoms with Gasteiger partial charge in [0, 0.05) is 39.4 Å². The summed E-state index contributed by atoms with van der Waals surface area (Å²) in [5, 5.41) is 11.5. The predicted octanol–water partition coefficient (Wildman–Crippen LogP) is 2.63. The van der Waals surface area contributed by atoms with Gasteiger partial charge in [-0.15, -0.1) is 0 Å². The fourth-order valence-electron chi connectivity index (χ4n) is 3.20. The highest BCUT2D eigenvalue weighted by atomic mass is 32.2. The summed E-state index contributed by atoms with van der Waals surface area (Å²) >= 11 is 0. The minimum absolute atomic E-state index is 0.0347. The Morgan fingerprint density at radius 2 is 1.96 bits per heavy atom.